The lowest BCUT2D eigenvalue weighted by atomic mass is 10.1. The molecule has 0 aliphatic heterocycles. The lowest BCUT2D eigenvalue weighted by molar-refractivity contribution is 1.48. The van der Waals surface area contributed by atoms with E-state index in [1.165, 1.54) is 27.2 Å². The molecule has 0 fully saturated rings. The molecule has 1 aromatic heterocycles. The molecule has 1 N–H and O–H groups in total. The third-order valence-electron chi connectivity index (χ3n) is 3.37. The Labute approximate surface area is 118 Å². The van der Waals surface area contributed by atoms with Crippen LogP contribution in [0.3, 0.4) is 0 Å². The maximum Gasteiger partial charge on any atom is 0.0453 e. The molecule has 0 saturated heterocycles. The first-order valence-electron chi connectivity index (χ1n) is 6.80. The molecule has 20 heavy (non-hydrogen) atoms. The van der Waals surface area contributed by atoms with Crippen LogP contribution in [0.1, 0.15) is 5.56 Å². The smallest absolute Gasteiger partial charge is 0.0453 e. The Bertz CT molecular complexity index is 797. The van der Waals surface area contributed by atoms with Crippen LogP contribution in [-0.4, -0.2) is 4.98 Å². The van der Waals surface area contributed by atoms with Crippen molar-refractivity contribution >= 4 is 21.7 Å². The average molecular weight is 259 g/mol. The summed E-state index contributed by atoms with van der Waals surface area (Å²) in [7, 11) is 0. The average Bonchev–Trinajstić information content (AvgIpc) is 2.96. The van der Waals surface area contributed by atoms with Crippen LogP contribution in [0.25, 0.3) is 21.7 Å². The minimum atomic E-state index is 1.21. The van der Waals surface area contributed by atoms with Gasteiger partial charge in [0, 0.05) is 11.7 Å². The van der Waals surface area contributed by atoms with Crippen LogP contribution < -0.4 is 0 Å². The predicted molar refractivity (Wildman–Crippen MR) is 87.0 cm³/mol. The number of benzene rings is 3. The minimum Gasteiger partial charge on any atom is -0.361 e. The first-order valence-corrected chi connectivity index (χ1v) is 6.80. The van der Waals surface area contributed by atoms with Crippen molar-refractivity contribution in [1.82, 2.24) is 4.98 Å². The van der Waals surface area contributed by atoms with Crippen molar-refractivity contribution in [2.45, 2.75) is 6.92 Å². The van der Waals surface area contributed by atoms with Crippen LogP contribution in [0.2, 0.25) is 0 Å². The van der Waals surface area contributed by atoms with Crippen molar-refractivity contribution in [2.75, 3.05) is 0 Å². The van der Waals surface area contributed by atoms with Crippen molar-refractivity contribution in [2.24, 2.45) is 0 Å². The molecule has 0 aliphatic carbocycles. The first-order chi connectivity index (χ1) is 9.83. The van der Waals surface area contributed by atoms with E-state index in [2.05, 4.69) is 72.6 Å². The summed E-state index contributed by atoms with van der Waals surface area (Å²) in [6.45, 7) is 2.12. The van der Waals surface area contributed by atoms with E-state index in [-0.39, 0.29) is 0 Å². The molecule has 3 aromatic carbocycles. The quantitative estimate of drug-likeness (QED) is 0.440. The van der Waals surface area contributed by atoms with E-state index in [1.807, 2.05) is 18.3 Å². The fourth-order valence-corrected chi connectivity index (χ4v) is 2.30. The molecular formula is C19H17N. The number of aromatic nitrogens is 1. The highest BCUT2D eigenvalue weighted by molar-refractivity contribution is 5.82. The Morgan fingerprint density at radius 1 is 0.650 bits per heavy atom. The number of hydrogen-bond donors (Lipinski definition) is 1. The summed E-state index contributed by atoms with van der Waals surface area (Å²) in [5, 5.41) is 3.92. The molecule has 0 atom stereocenters. The number of nitrogens with one attached hydrogen (secondary N) is 1. The molecule has 0 radical (unpaired) electrons. The summed E-state index contributed by atoms with van der Waals surface area (Å²) < 4.78 is 0. The first kappa shape index (κ1) is 12.5. The lowest BCUT2D eigenvalue weighted by Crippen LogP contribution is -1.73. The highest BCUT2D eigenvalue weighted by atomic mass is 14.6. The third kappa shape index (κ3) is 2.72. The van der Waals surface area contributed by atoms with Crippen LogP contribution in [0.15, 0.2) is 79.0 Å². The molecule has 1 heterocycles. The van der Waals surface area contributed by atoms with Gasteiger partial charge in [-0.25, -0.2) is 0 Å². The Hall–Kier alpha value is -2.54. The van der Waals surface area contributed by atoms with E-state index in [0.717, 1.165) is 0 Å². The minimum absolute atomic E-state index is 1.21. The number of para-hydroxylation sites is 1. The van der Waals surface area contributed by atoms with Crippen LogP contribution >= 0.6 is 0 Å². The fourth-order valence-electron chi connectivity index (χ4n) is 2.30. The number of fused-ring (bicyclic) bond motifs is 2. The Morgan fingerprint density at radius 3 is 2.15 bits per heavy atom. The second kappa shape index (κ2) is 5.62. The van der Waals surface area contributed by atoms with E-state index < -0.39 is 0 Å². The maximum atomic E-state index is 3.12. The van der Waals surface area contributed by atoms with Gasteiger partial charge in [-0.1, -0.05) is 66.2 Å². The van der Waals surface area contributed by atoms with Gasteiger partial charge in [-0.05, 0) is 35.2 Å². The fraction of sp³-hybridized carbons (Fsp3) is 0.0526. The predicted octanol–water partition coefficient (Wildman–Crippen LogP) is 5.32. The molecule has 1 heteroatoms. The van der Waals surface area contributed by atoms with Gasteiger partial charge in [-0.3, -0.25) is 0 Å². The van der Waals surface area contributed by atoms with Crippen molar-refractivity contribution in [3.8, 4) is 0 Å². The molecule has 4 aromatic rings. The van der Waals surface area contributed by atoms with Crippen LogP contribution in [0, 0.1) is 6.92 Å². The molecule has 1 nitrogen and oxygen atoms in total. The standard InChI is InChI=1S/C11H10.C8H7N/c1-9-6-7-10-4-2-3-5-11(10)8-9;1-2-4-8-7(3-1)5-6-9-8/h2-8H,1H3;1-6,9H. The van der Waals surface area contributed by atoms with E-state index in [0.29, 0.717) is 0 Å². The molecule has 0 unspecified atom stereocenters. The van der Waals surface area contributed by atoms with Gasteiger partial charge in [0.2, 0.25) is 0 Å². The number of H-pyrrole nitrogens is 1. The Balaban J connectivity index is 0.000000123. The molecule has 0 amide bonds. The molecular weight excluding hydrogens is 242 g/mol. The Morgan fingerprint density at radius 2 is 1.35 bits per heavy atom. The van der Waals surface area contributed by atoms with Crippen molar-refractivity contribution in [3.05, 3.63) is 84.6 Å². The highest BCUT2D eigenvalue weighted by Gasteiger charge is 1.89. The second-order valence-electron chi connectivity index (χ2n) is 4.92. The topological polar surface area (TPSA) is 15.8 Å². The molecule has 0 aliphatic rings. The summed E-state index contributed by atoms with van der Waals surface area (Å²) >= 11 is 0. The van der Waals surface area contributed by atoms with Gasteiger partial charge in [-0.2, -0.15) is 0 Å². The van der Waals surface area contributed by atoms with E-state index in [9.17, 15) is 0 Å². The monoisotopic (exact) mass is 259 g/mol. The van der Waals surface area contributed by atoms with Crippen molar-refractivity contribution in [3.63, 3.8) is 0 Å². The summed E-state index contributed by atoms with van der Waals surface area (Å²) in [5.41, 5.74) is 2.53. The summed E-state index contributed by atoms with van der Waals surface area (Å²) in [6, 6.07) is 25.2. The van der Waals surface area contributed by atoms with E-state index in [1.54, 1.807) is 0 Å². The lowest BCUT2D eigenvalue weighted by Gasteiger charge is -1.96. The summed E-state index contributed by atoms with van der Waals surface area (Å²) in [5.74, 6) is 0. The van der Waals surface area contributed by atoms with Crippen LogP contribution in [0.4, 0.5) is 0 Å². The van der Waals surface area contributed by atoms with E-state index in [4.69, 9.17) is 0 Å². The van der Waals surface area contributed by atoms with Gasteiger partial charge in [0.1, 0.15) is 0 Å². The van der Waals surface area contributed by atoms with Gasteiger partial charge >= 0.3 is 0 Å². The summed E-state index contributed by atoms with van der Waals surface area (Å²) in [6.07, 6.45) is 1.95. The van der Waals surface area contributed by atoms with Crippen molar-refractivity contribution < 1.29 is 0 Å². The third-order valence-corrected chi connectivity index (χ3v) is 3.37. The zero-order valence-electron chi connectivity index (χ0n) is 11.5. The van der Waals surface area contributed by atoms with E-state index >= 15 is 0 Å². The largest absolute Gasteiger partial charge is 0.361 e. The molecule has 0 bridgehead atoms. The van der Waals surface area contributed by atoms with Gasteiger partial charge in [0.25, 0.3) is 0 Å². The van der Waals surface area contributed by atoms with Gasteiger partial charge < -0.3 is 4.98 Å². The molecule has 0 saturated carbocycles. The summed E-state index contributed by atoms with van der Waals surface area (Å²) in [4.78, 5) is 3.12. The number of hydrogen-bond acceptors (Lipinski definition) is 0. The van der Waals surface area contributed by atoms with Gasteiger partial charge in [0.05, 0.1) is 0 Å². The molecule has 0 spiro atoms. The maximum absolute atomic E-state index is 3.12. The number of aromatic amines is 1. The number of aryl methyl sites for hydroxylation is 1. The normalized spacial score (nSPS) is 10.2. The van der Waals surface area contributed by atoms with Gasteiger partial charge in [-0.15, -0.1) is 0 Å². The SMILES string of the molecule is Cc1ccc2ccccc2c1.c1ccc2[nH]ccc2c1. The molecule has 98 valence electrons. The van der Waals surface area contributed by atoms with Crippen LogP contribution in [-0.2, 0) is 0 Å². The molecule has 4 rings (SSSR count). The zero-order valence-corrected chi connectivity index (χ0v) is 11.5. The van der Waals surface area contributed by atoms with Crippen molar-refractivity contribution in [1.29, 1.82) is 0 Å². The Kier molecular flexibility index (Phi) is 3.51. The highest BCUT2D eigenvalue weighted by Crippen LogP contribution is 2.14. The number of rotatable bonds is 0. The van der Waals surface area contributed by atoms with Crippen LogP contribution in [0.5, 0.6) is 0 Å². The van der Waals surface area contributed by atoms with Gasteiger partial charge in [0.15, 0.2) is 0 Å². The zero-order chi connectivity index (χ0) is 13.8. The second-order valence-corrected chi connectivity index (χ2v) is 4.92.